The van der Waals surface area contributed by atoms with Crippen molar-refractivity contribution in [2.45, 2.75) is 36.3 Å². The largest absolute Gasteiger partial charge is 0.490 e. The molecule has 0 amide bonds. The van der Waals surface area contributed by atoms with E-state index in [0.717, 1.165) is 6.92 Å². The molecule has 0 aliphatic carbocycles. The SMILES string of the molecule is C[C@H](OP(=O)(O)OP(=O)(O)OP(=O)(O)O)[C@H]1O[C@@H](n2cc(F)c(=O)[nH]c2=O)C(Cl)(C#CN)[C@H]1O. The van der Waals surface area contributed by atoms with Gasteiger partial charge in [0.2, 0.25) is 5.82 Å². The molecule has 0 spiro atoms. The fourth-order valence-electron chi connectivity index (χ4n) is 2.79. The van der Waals surface area contributed by atoms with Gasteiger partial charge in [-0.2, -0.15) is 13.0 Å². The molecule has 0 aromatic carbocycles. The highest BCUT2D eigenvalue weighted by molar-refractivity contribution is 7.66. The van der Waals surface area contributed by atoms with Crippen molar-refractivity contribution in [3.63, 3.8) is 0 Å². The minimum Gasteiger partial charge on any atom is -0.387 e. The van der Waals surface area contributed by atoms with E-state index in [9.17, 15) is 42.6 Å². The smallest absolute Gasteiger partial charge is 0.387 e. The predicted octanol–water partition coefficient (Wildman–Crippen LogP) is -1.44. The fourth-order valence-corrected chi connectivity index (χ4v) is 6.33. The molecule has 34 heavy (non-hydrogen) atoms. The van der Waals surface area contributed by atoms with Crippen LogP contribution in [0, 0.1) is 17.8 Å². The Morgan fingerprint density at radius 3 is 2.38 bits per heavy atom. The number of hydrogen-bond acceptors (Lipinski definition) is 11. The first-order chi connectivity index (χ1) is 15.3. The number of nitrogens with one attached hydrogen (secondary N) is 1. The molecule has 192 valence electrons. The summed E-state index contributed by atoms with van der Waals surface area (Å²) in [5.41, 5.74) is 2.49. The van der Waals surface area contributed by atoms with Crippen LogP contribution in [-0.4, -0.2) is 57.4 Å². The zero-order chi connectivity index (χ0) is 26.3. The molecule has 2 heterocycles. The maximum atomic E-state index is 13.7. The predicted molar refractivity (Wildman–Crippen MR) is 106 cm³/mol. The third-order valence-corrected chi connectivity index (χ3v) is 8.44. The van der Waals surface area contributed by atoms with Crippen LogP contribution in [0.2, 0.25) is 0 Å². The van der Waals surface area contributed by atoms with Gasteiger partial charge < -0.3 is 35.2 Å². The molecular formula is C12H16ClFN3O14P3. The normalized spacial score (nSPS) is 29.5. The Bertz CT molecular complexity index is 1270. The Balaban J connectivity index is 2.36. The van der Waals surface area contributed by atoms with Crippen LogP contribution in [0.15, 0.2) is 15.8 Å². The van der Waals surface area contributed by atoms with E-state index in [-0.39, 0.29) is 0 Å². The molecule has 0 saturated carbocycles. The number of ether oxygens (including phenoxy) is 1. The minimum absolute atomic E-state index is 0.378. The molecule has 1 aromatic rings. The molecule has 8 N–H and O–H groups in total. The molecule has 1 fully saturated rings. The van der Waals surface area contributed by atoms with Gasteiger partial charge in [-0.3, -0.25) is 18.9 Å². The summed E-state index contributed by atoms with van der Waals surface area (Å²) in [6.07, 6.45) is -7.11. The van der Waals surface area contributed by atoms with Gasteiger partial charge in [-0.05, 0) is 12.8 Å². The molecule has 1 aromatic heterocycles. The first kappa shape index (κ1) is 28.8. The summed E-state index contributed by atoms with van der Waals surface area (Å²) in [4.78, 5) is 58.6. The fraction of sp³-hybridized carbons (Fsp3) is 0.500. The van der Waals surface area contributed by atoms with Crippen LogP contribution in [0.5, 0.6) is 0 Å². The lowest BCUT2D eigenvalue weighted by Crippen LogP contribution is -2.45. The first-order valence-electron chi connectivity index (χ1n) is 8.40. The Morgan fingerprint density at radius 1 is 1.26 bits per heavy atom. The van der Waals surface area contributed by atoms with E-state index < -0.39 is 69.9 Å². The van der Waals surface area contributed by atoms with Gasteiger partial charge in [0.05, 0.1) is 12.3 Å². The summed E-state index contributed by atoms with van der Waals surface area (Å²) in [6.45, 7) is 0.943. The van der Waals surface area contributed by atoms with Crippen LogP contribution >= 0.6 is 35.1 Å². The summed E-state index contributed by atoms with van der Waals surface area (Å²) in [5.74, 6) is 0.670. The van der Waals surface area contributed by atoms with Crippen molar-refractivity contribution in [1.82, 2.24) is 9.55 Å². The number of phosphoric acid groups is 3. The number of aromatic nitrogens is 2. The first-order valence-corrected chi connectivity index (χ1v) is 13.3. The quantitative estimate of drug-likeness (QED) is 0.0812. The molecule has 1 aliphatic rings. The number of halogens is 2. The number of H-pyrrole nitrogens is 1. The number of nitrogens with two attached hydrogens (primary N) is 1. The van der Waals surface area contributed by atoms with E-state index in [0.29, 0.717) is 10.8 Å². The molecule has 22 heteroatoms. The van der Waals surface area contributed by atoms with Crippen LogP contribution < -0.4 is 17.0 Å². The molecule has 0 bridgehead atoms. The number of nitrogens with zero attached hydrogens (tertiary/aromatic N) is 1. The van der Waals surface area contributed by atoms with Crippen molar-refractivity contribution in [1.29, 1.82) is 0 Å². The zero-order valence-corrected chi connectivity index (χ0v) is 19.9. The lowest BCUT2D eigenvalue weighted by atomic mass is 9.97. The van der Waals surface area contributed by atoms with E-state index in [4.69, 9.17) is 31.9 Å². The van der Waals surface area contributed by atoms with E-state index in [2.05, 4.69) is 19.1 Å². The van der Waals surface area contributed by atoms with Gasteiger partial charge in [-0.1, -0.05) is 11.6 Å². The summed E-state index contributed by atoms with van der Waals surface area (Å²) >= 11 is 6.26. The van der Waals surface area contributed by atoms with Gasteiger partial charge in [-0.15, -0.1) is 0 Å². The Labute approximate surface area is 192 Å². The average Bonchev–Trinajstić information content (AvgIpc) is 2.86. The van der Waals surface area contributed by atoms with Crippen molar-refractivity contribution in [2.24, 2.45) is 5.73 Å². The van der Waals surface area contributed by atoms with Gasteiger partial charge in [-0.25, -0.2) is 18.5 Å². The van der Waals surface area contributed by atoms with Crippen molar-refractivity contribution >= 4 is 35.1 Å². The molecule has 0 radical (unpaired) electrons. The van der Waals surface area contributed by atoms with Crippen molar-refractivity contribution in [3.8, 4) is 12.0 Å². The number of aliphatic hydroxyl groups is 1. The lowest BCUT2D eigenvalue weighted by molar-refractivity contribution is -0.0751. The average molecular weight is 574 g/mol. The summed E-state index contributed by atoms with van der Waals surface area (Å²) < 4.78 is 65.4. The summed E-state index contributed by atoms with van der Waals surface area (Å²) in [5, 5.41) is 10.6. The van der Waals surface area contributed by atoms with Gasteiger partial charge in [0.1, 0.15) is 12.2 Å². The van der Waals surface area contributed by atoms with Gasteiger partial charge in [0.25, 0.3) is 5.56 Å². The molecule has 2 rings (SSSR count). The van der Waals surface area contributed by atoms with Crippen LogP contribution in [0.3, 0.4) is 0 Å². The second kappa shape index (κ2) is 9.92. The maximum Gasteiger partial charge on any atom is 0.490 e. The third kappa shape index (κ3) is 6.62. The molecule has 1 saturated heterocycles. The van der Waals surface area contributed by atoms with Crippen molar-refractivity contribution in [2.75, 3.05) is 0 Å². The van der Waals surface area contributed by atoms with Crippen LogP contribution in [0.4, 0.5) is 4.39 Å². The Kier molecular flexibility index (Phi) is 8.41. The summed E-state index contributed by atoms with van der Waals surface area (Å²) in [6, 6.07) is 1.85. The standard InChI is InChI=1S/C12H16ClFN3O14P3/c1-5(29-33(24,25)31-34(26,27)30-32(21,22)23)7-8(18)12(13,2-3-15)10(28-7)17-4-6(14)9(19)16-11(17)20/h4-5,7-8,10,18H,15H2,1H3,(H,24,25)(H,26,27)(H,16,19,20)(H2,21,22,23)/t5-,7+,8-,10+,12?/m0/s1. The number of rotatable bonds is 8. The van der Waals surface area contributed by atoms with E-state index >= 15 is 0 Å². The second-order valence-electron chi connectivity index (χ2n) is 6.48. The van der Waals surface area contributed by atoms with E-state index in [1.807, 2.05) is 6.04 Å². The van der Waals surface area contributed by atoms with Crippen molar-refractivity contribution < 1.29 is 60.6 Å². The van der Waals surface area contributed by atoms with Crippen LogP contribution in [0.1, 0.15) is 13.2 Å². The number of hydrogen-bond donors (Lipinski definition) is 7. The van der Waals surface area contributed by atoms with Crippen LogP contribution in [-0.2, 0) is 31.6 Å². The molecule has 17 nitrogen and oxygen atoms in total. The molecular weight excluding hydrogens is 558 g/mol. The number of aliphatic hydroxyl groups excluding tert-OH is 1. The highest BCUT2D eigenvalue weighted by Crippen LogP contribution is 2.66. The molecule has 7 atom stereocenters. The third-order valence-electron chi connectivity index (χ3n) is 4.01. The van der Waals surface area contributed by atoms with Crippen LogP contribution in [0.25, 0.3) is 0 Å². The van der Waals surface area contributed by atoms with E-state index in [1.54, 1.807) is 4.98 Å². The maximum absolute atomic E-state index is 13.7. The number of phosphoric ester groups is 1. The Hall–Kier alpha value is -1.41. The second-order valence-corrected chi connectivity index (χ2v) is 11.5. The summed E-state index contributed by atoms with van der Waals surface area (Å²) in [7, 11) is -17.1. The highest BCUT2D eigenvalue weighted by Gasteiger charge is 2.58. The van der Waals surface area contributed by atoms with Gasteiger partial charge in [0.15, 0.2) is 11.1 Å². The van der Waals surface area contributed by atoms with Crippen molar-refractivity contribution in [3.05, 3.63) is 32.9 Å². The topological polar surface area (TPSA) is 270 Å². The van der Waals surface area contributed by atoms with Gasteiger partial charge >= 0.3 is 29.2 Å². The monoisotopic (exact) mass is 573 g/mol. The van der Waals surface area contributed by atoms with Gasteiger partial charge in [0, 0.05) is 6.04 Å². The minimum atomic E-state index is -5.84. The molecule has 3 unspecified atom stereocenters. The Morgan fingerprint density at radius 2 is 1.85 bits per heavy atom. The highest BCUT2D eigenvalue weighted by atomic mass is 35.5. The van der Waals surface area contributed by atoms with E-state index in [1.165, 1.54) is 0 Å². The zero-order valence-electron chi connectivity index (χ0n) is 16.4. The molecule has 1 aliphatic heterocycles. The number of aromatic amines is 1. The lowest BCUT2D eigenvalue weighted by Gasteiger charge is -2.26. The number of alkyl halides is 1.